The zero-order chi connectivity index (χ0) is 13.0. The fourth-order valence-electron chi connectivity index (χ4n) is 1.82. The van der Waals surface area contributed by atoms with Crippen LogP contribution in [0.15, 0.2) is 0 Å². The van der Waals surface area contributed by atoms with Crippen LogP contribution in [0.25, 0.3) is 0 Å². The average Bonchev–Trinajstić information content (AvgIpc) is 2.36. The van der Waals surface area contributed by atoms with Gasteiger partial charge in [0.05, 0.1) is 0 Å². The van der Waals surface area contributed by atoms with Crippen molar-refractivity contribution < 1.29 is 8.85 Å². The topological polar surface area (TPSA) is 18.5 Å². The smallest absolute Gasteiger partial charge is 0.337 e. The lowest BCUT2D eigenvalue weighted by molar-refractivity contribution is 0.163. The van der Waals surface area contributed by atoms with Crippen LogP contribution >= 0.6 is 0 Å². The number of unbranched alkanes of at least 4 members (excludes halogenated alkanes) is 3. The first-order chi connectivity index (χ1) is 8.24. The van der Waals surface area contributed by atoms with E-state index >= 15 is 0 Å². The Morgan fingerprint density at radius 1 is 0.706 bits per heavy atom. The van der Waals surface area contributed by atoms with Crippen molar-refractivity contribution in [2.75, 3.05) is 13.2 Å². The van der Waals surface area contributed by atoms with Crippen molar-refractivity contribution in [2.45, 2.75) is 78.3 Å². The van der Waals surface area contributed by atoms with E-state index in [9.17, 15) is 0 Å². The van der Waals surface area contributed by atoms with Gasteiger partial charge in [-0.05, 0) is 24.9 Å². The normalized spacial score (nSPS) is 12.0. The summed E-state index contributed by atoms with van der Waals surface area (Å²) in [6.45, 7) is 10.7. The average molecular weight is 260 g/mol. The van der Waals surface area contributed by atoms with Gasteiger partial charge in [-0.3, -0.25) is 0 Å². The standard InChI is InChI=1S/C14H32O2Si/c1-5-9-12-15-17(8-4,14-11-7-3)16-13-10-6-2/h5-14H2,1-4H3. The Hall–Kier alpha value is 0.137. The molecule has 0 fully saturated rings. The molecule has 0 saturated carbocycles. The van der Waals surface area contributed by atoms with E-state index in [-0.39, 0.29) is 0 Å². The molecule has 0 bridgehead atoms. The second-order valence-corrected chi connectivity index (χ2v) is 8.38. The minimum atomic E-state index is -1.86. The summed E-state index contributed by atoms with van der Waals surface area (Å²) in [6, 6.07) is 2.27. The Morgan fingerprint density at radius 2 is 1.18 bits per heavy atom. The first-order valence-electron chi connectivity index (χ1n) is 7.52. The van der Waals surface area contributed by atoms with Crippen molar-refractivity contribution in [2.24, 2.45) is 0 Å². The fraction of sp³-hybridized carbons (Fsp3) is 1.00. The number of hydrogen-bond donors (Lipinski definition) is 0. The molecule has 0 unspecified atom stereocenters. The fourth-order valence-corrected chi connectivity index (χ4v) is 4.88. The quantitative estimate of drug-likeness (QED) is 0.368. The van der Waals surface area contributed by atoms with E-state index in [0.29, 0.717) is 0 Å². The molecule has 0 saturated heterocycles. The lowest BCUT2D eigenvalue weighted by Gasteiger charge is -2.30. The van der Waals surface area contributed by atoms with E-state index in [4.69, 9.17) is 8.85 Å². The molecule has 17 heavy (non-hydrogen) atoms. The molecule has 0 N–H and O–H groups in total. The first-order valence-corrected chi connectivity index (χ1v) is 9.75. The molecule has 2 nitrogen and oxygen atoms in total. The summed E-state index contributed by atoms with van der Waals surface area (Å²) >= 11 is 0. The van der Waals surface area contributed by atoms with Gasteiger partial charge in [-0.15, -0.1) is 0 Å². The van der Waals surface area contributed by atoms with Crippen molar-refractivity contribution in [1.82, 2.24) is 0 Å². The molecule has 0 heterocycles. The third-order valence-electron chi connectivity index (χ3n) is 3.18. The van der Waals surface area contributed by atoms with Crippen molar-refractivity contribution in [3.05, 3.63) is 0 Å². The molecule has 0 aliphatic heterocycles. The van der Waals surface area contributed by atoms with Gasteiger partial charge in [0, 0.05) is 13.2 Å². The van der Waals surface area contributed by atoms with Crippen LogP contribution in [0.3, 0.4) is 0 Å². The van der Waals surface area contributed by atoms with E-state index < -0.39 is 8.56 Å². The van der Waals surface area contributed by atoms with Gasteiger partial charge < -0.3 is 8.85 Å². The van der Waals surface area contributed by atoms with Gasteiger partial charge >= 0.3 is 8.56 Å². The molecule has 0 radical (unpaired) electrons. The summed E-state index contributed by atoms with van der Waals surface area (Å²) in [5, 5.41) is 0. The summed E-state index contributed by atoms with van der Waals surface area (Å²) in [5.74, 6) is 0. The highest BCUT2D eigenvalue weighted by Gasteiger charge is 2.34. The third kappa shape index (κ3) is 7.95. The third-order valence-corrected chi connectivity index (χ3v) is 6.83. The molecular formula is C14H32O2Si. The minimum absolute atomic E-state index is 0.895. The highest BCUT2D eigenvalue weighted by Crippen LogP contribution is 2.22. The van der Waals surface area contributed by atoms with Crippen molar-refractivity contribution in [1.29, 1.82) is 0 Å². The summed E-state index contributed by atoms with van der Waals surface area (Å²) in [6.07, 6.45) is 7.23. The van der Waals surface area contributed by atoms with E-state index in [1.54, 1.807) is 0 Å². The molecule has 0 aromatic carbocycles. The molecule has 104 valence electrons. The molecule has 0 amide bonds. The maximum atomic E-state index is 6.18. The molecule has 0 atom stereocenters. The van der Waals surface area contributed by atoms with E-state index in [0.717, 1.165) is 32.1 Å². The molecule has 0 rings (SSSR count). The summed E-state index contributed by atoms with van der Waals surface area (Å²) in [5.41, 5.74) is 0. The summed E-state index contributed by atoms with van der Waals surface area (Å²) < 4.78 is 12.4. The second kappa shape index (κ2) is 11.2. The van der Waals surface area contributed by atoms with Crippen LogP contribution in [0, 0.1) is 0 Å². The van der Waals surface area contributed by atoms with Crippen LogP contribution in [0.2, 0.25) is 12.1 Å². The maximum absolute atomic E-state index is 6.18. The molecular weight excluding hydrogens is 228 g/mol. The largest absolute Gasteiger partial charge is 0.394 e. The Balaban J connectivity index is 4.17. The van der Waals surface area contributed by atoms with Crippen LogP contribution in [-0.2, 0) is 8.85 Å². The highest BCUT2D eigenvalue weighted by atomic mass is 28.4. The Labute approximate surface area is 109 Å². The van der Waals surface area contributed by atoms with Crippen LogP contribution in [0.4, 0.5) is 0 Å². The van der Waals surface area contributed by atoms with Crippen molar-refractivity contribution in [3.8, 4) is 0 Å². The second-order valence-electron chi connectivity index (χ2n) is 4.77. The SMILES string of the molecule is CCCCO[Si](CC)(CCCC)OCCCC. The van der Waals surface area contributed by atoms with Gasteiger partial charge in [0.2, 0.25) is 0 Å². The summed E-state index contributed by atoms with van der Waals surface area (Å²) in [4.78, 5) is 0. The zero-order valence-corrected chi connectivity index (χ0v) is 13.4. The first kappa shape index (κ1) is 17.1. The Bertz CT molecular complexity index is 152. The van der Waals surface area contributed by atoms with Crippen molar-refractivity contribution >= 4 is 8.56 Å². The number of rotatable bonds is 12. The van der Waals surface area contributed by atoms with E-state index in [1.807, 2.05) is 0 Å². The zero-order valence-electron chi connectivity index (χ0n) is 12.4. The van der Waals surface area contributed by atoms with Gasteiger partial charge in [0.1, 0.15) is 0 Å². The molecule has 0 aliphatic carbocycles. The van der Waals surface area contributed by atoms with E-state index in [1.165, 1.54) is 31.7 Å². The lowest BCUT2D eigenvalue weighted by atomic mass is 10.4. The van der Waals surface area contributed by atoms with Gasteiger partial charge in [-0.25, -0.2) is 0 Å². The highest BCUT2D eigenvalue weighted by molar-refractivity contribution is 6.67. The lowest BCUT2D eigenvalue weighted by Crippen LogP contribution is -2.42. The molecule has 0 aromatic rings. The van der Waals surface area contributed by atoms with E-state index in [2.05, 4.69) is 27.7 Å². The summed E-state index contributed by atoms with van der Waals surface area (Å²) in [7, 11) is -1.86. The Morgan fingerprint density at radius 3 is 1.53 bits per heavy atom. The van der Waals surface area contributed by atoms with Gasteiger partial charge in [-0.1, -0.05) is 53.4 Å². The predicted octanol–water partition coefficient (Wildman–Crippen LogP) is 4.88. The van der Waals surface area contributed by atoms with Crippen LogP contribution < -0.4 is 0 Å². The molecule has 0 aliphatic rings. The Kier molecular flexibility index (Phi) is 11.3. The predicted molar refractivity (Wildman–Crippen MR) is 77.7 cm³/mol. The monoisotopic (exact) mass is 260 g/mol. The molecule has 0 aromatic heterocycles. The van der Waals surface area contributed by atoms with Gasteiger partial charge in [0.25, 0.3) is 0 Å². The van der Waals surface area contributed by atoms with Gasteiger partial charge in [0.15, 0.2) is 0 Å². The number of hydrogen-bond acceptors (Lipinski definition) is 2. The van der Waals surface area contributed by atoms with Crippen molar-refractivity contribution in [3.63, 3.8) is 0 Å². The van der Waals surface area contributed by atoms with Crippen LogP contribution in [-0.4, -0.2) is 21.8 Å². The molecule has 0 spiro atoms. The minimum Gasteiger partial charge on any atom is -0.394 e. The molecule has 3 heteroatoms. The van der Waals surface area contributed by atoms with Gasteiger partial charge in [-0.2, -0.15) is 0 Å². The van der Waals surface area contributed by atoms with Crippen LogP contribution in [0.1, 0.15) is 66.2 Å². The maximum Gasteiger partial charge on any atom is 0.337 e. The van der Waals surface area contributed by atoms with Crippen LogP contribution in [0.5, 0.6) is 0 Å².